The molecule has 0 spiro atoms. The summed E-state index contributed by atoms with van der Waals surface area (Å²) >= 11 is 0. The van der Waals surface area contributed by atoms with Crippen LogP contribution < -0.4 is 0 Å². The second-order valence-corrected chi connectivity index (χ2v) is 7.79. The monoisotopic (exact) mass is 513 g/mol. The molecule has 0 aliphatic rings. The van der Waals surface area contributed by atoms with Gasteiger partial charge >= 0.3 is 12.4 Å². The van der Waals surface area contributed by atoms with Crippen molar-refractivity contribution < 1.29 is 26.3 Å². The normalized spacial score (nSPS) is 12.1. The minimum atomic E-state index is -4.82. The molecule has 2 aromatic carbocycles. The van der Waals surface area contributed by atoms with Crippen LogP contribution in [0.2, 0.25) is 0 Å². The summed E-state index contributed by atoms with van der Waals surface area (Å²) in [6.45, 7) is 0. The minimum absolute atomic E-state index is 0.0221. The molecule has 0 saturated heterocycles. The number of benzene rings is 2. The molecule has 5 rings (SSSR count). The molecule has 0 aliphatic carbocycles. The van der Waals surface area contributed by atoms with E-state index in [-0.39, 0.29) is 22.6 Å². The fourth-order valence-corrected chi connectivity index (χ4v) is 3.54. The Kier molecular flexibility index (Phi) is 5.90. The lowest BCUT2D eigenvalue weighted by atomic mass is 10.0. The zero-order valence-electron chi connectivity index (χ0n) is 18.4. The van der Waals surface area contributed by atoms with Crippen LogP contribution in [0.3, 0.4) is 0 Å². The number of rotatable bonds is 4. The van der Waals surface area contributed by atoms with Crippen LogP contribution in [0.15, 0.2) is 72.9 Å². The van der Waals surface area contributed by atoms with Crippen LogP contribution in [0.25, 0.3) is 45.2 Å². The van der Waals surface area contributed by atoms with Crippen LogP contribution in [0.1, 0.15) is 11.4 Å². The van der Waals surface area contributed by atoms with E-state index in [2.05, 4.69) is 35.6 Å². The summed E-state index contributed by atoms with van der Waals surface area (Å²) in [6.07, 6.45) is -8.68. The standard InChI is InChI=1S/C24H13F6N7/c25-23(26,27)19-8-7-17(12-31-19)18-11-20(24(28,29)30)33-21(32-18)15-5-1-3-13(9-15)14-4-2-6-16(10-14)22-34-36-37-35-22/h1-12H,(H,34,35,36,37). The number of H-pyrrole nitrogens is 1. The maximum absolute atomic E-state index is 13.6. The van der Waals surface area contributed by atoms with Crippen LogP contribution >= 0.6 is 0 Å². The smallest absolute Gasteiger partial charge is 0.251 e. The molecule has 186 valence electrons. The SMILES string of the molecule is FC(F)(F)c1ccc(-c2cc(C(F)(F)F)nc(-c3cccc(-c4cccc(-c5nn[nH]n5)c4)c3)n2)cn1. The molecular weight excluding hydrogens is 500 g/mol. The first kappa shape index (κ1) is 24.0. The third kappa shape index (κ3) is 5.15. The molecule has 13 heteroatoms. The van der Waals surface area contributed by atoms with Gasteiger partial charge in [-0.1, -0.05) is 36.4 Å². The number of hydrogen-bond acceptors (Lipinski definition) is 6. The average molecular weight is 513 g/mol. The first-order valence-corrected chi connectivity index (χ1v) is 10.5. The fraction of sp³-hybridized carbons (Fsp3) is 0.0833. The van der Waals surface area contributed by atoms with Crippen molar-refractivity contribution in [1.29, 1.82) is 0 Å². The van der Waals surface area contributed by atoms with E-state index >= 15 is 0 Å². The third-order valence-corrected chi connectivity index (χ3v) is 5.29. The van der Waals surface area contributed by atoms with Gasteiger partial charge in [0.1, 0.15) is 11.4 Å². The molecule has 5 aromatic rings. The van der Waals surface area contributed by atoms with Crippen molar-refractivity contribution in [2.45, 2.75) is 12.4 Å². The predicted molar refractivity (Wildman–Crippen MR) is 119 cm³/mol. The molecule has 0 radical (unpaired) electrons. The first-order valence-electron chi connectivity index (χ1n) is 10.5. The zero-order chi connectivity index (χ0) is 26.2. The number of pyridine rings is 1. The second-order valence-electron chi connectivity index (χ2n) is 7.79. The van der Waals surface area contributed by atoms with Crippen LogP contribution in [-0.2, 0) is 12.4 Å². The Morgan fingerprint density at radius 2 is 1.22 bits per heavy atom. The van der Waals surface area contributed by atoms with E-state index in [9.17, 15) is 26.3 Å². The van der Waals surface area contributed by atoms with Crippen LogP contribution in [0.4, 0.5) is 26.3 Å². The van der Waals surface area contributed by atoms with Gasteiger partial charge in [-0.05, 0) is 46.7 Å². The largest absolute Gasteiger partial charge is 0.433 e. The van der Waals surface area contributed by atoms with E-state index in [4.69, 9.17) is 0 Å². The lowest BCUT2D eigenvalue weighted by molar-refractivity contribution is -0.141. The molecule has 1 N–H and O–H groups in total. The maximum Gasteiger partial charge on any atom is 0.433 e. The van der Waals surface area contributed by atoms with Crippen molar-refractivity contribution in [2.24, 2.45) is 0 Å². The summed E-state index contributed by atoms with van der Waals surface area (Å²) in [7, 11) is 0. The quantitative estimate of drug-likeness (QED) is 0.293. The molecular formula is C24H13F6N7. The van der Waals surface area contributed by atoms with E-state index in [0.717, 1.165) is 17.8 Å². The number of alkyl halides is 6. The Balaban J connectivity index is 1.57. The third-order valence-electron chi connectivity index (χ3n) is 5.29. The van der Waals surface area contributed by atoms with Gasteiger partial charge in [0.15, 0.2) is 5.82 Å². The van der Waals surface area contributed by atoms with Crippen molar-refractivity contribution in [3.63, 3.8) is 0 Å². The predicted octanol–water partition coefficient (Wildman–Crippen LogP) is 6.09. The topological polar surface area (TPSA) is 93.1 Å². The van der Waals surface area contributed by atoms with Crippen molar-refractivity contribution in [2.75, 3.05) is 0 Å². The van der Waals surface area contributed by atoms with Gasteiger partial charge < -0.3 is 0 Å². The van der Waals surface area contributed by atoms with Crippen LogP contribution in [-0.4, -0.2) is 35.6 Å². The molecule has 0 unspecified atom stereocenters. The van der Waals surface area contributed by atoms with Gasteiger partial charge in [0.05, 0.1) is 5.69 Å². The Morgan fingerprint density at radius 3 is 1.76 bits per heavy atom. The lowest BCUT2D eigenvalue weighted by Crippen LogP contribution is -2.11. The Bertz CT molecular complexity index is 1550. The highest BCUT2D eigenvalue weighted by Crippen LogP contribution is 2.34. The van der Waals surface area contributed by atoms with Crippen LogP contribution in [0, 0.1) is 0 Å². The van der Waals surface area contributed by atoms with E-state index < -0.39 is 23.7 Å². The number of nitrogens with zero attached hydrogens (tertiary/aromatic N) is 6. The van der Waals surface area contributed by atoms with E-state index in [1.165, 1.54) is 6.07 Å². The summed E-state index contributed by atoms with van der Waals surface area (Å²) in [5.74, 6) is 0.120. The summed E-state index contributed by atoms with van der Waals surface area (Å²) in [5, 5.41) is 13.8. The van der Waals surface area contributed by atoms with Gasteiger partial charge in [-0.15, -0.1) is 10.2 Å². The molecule has 7 nitrogen and oxygen atoms in total. The number of aromatic nitrogens is 7. The molecule has 0 fully saturated rings. The lowest BCUT2D eigenvalue weighted by Gasteiger charge is -2.12. The molecule has 37 heavy (non-hydrogen) atoms. The van der Waals surface area contributed by atoms with E-state index in [1.54, 1.807) is 42.5 Å². The van der Waals surface area contributed by atoms with Gasteiger partial charge in [-0.25, -0.2) is 9.97 Å². The van der Waals surface area contributed by atoms with Crippen molar-refractivity contribution in [3.05, 3.63) is 84.3 Å². The second kappa shape index (κ2) is 9.08. The number of nitrogens with one attached hydrogen (secondary N) is 1. The average Bonchev–Trinajstić information content (AvgIpc) is 3.43. The summed E-state index contributed by atoms with van der Waals surface area (Å²) in [6, 6.07) is 16.0. The van der Waals surface area contributed by atoms with Gasteiger partial charge in [0, 0.05) is 22.9 Å². The maximum atomic E-state index is 13.6. The van der Waals surface area contributed by atoms with E-state index in [1.807, 2.05) is 0 Å². The molecule has 0 aliphatic heterocycles. The zero-order valence-corrected chi connectivity index (χ0v) is 18.4. The Labute approximate surface area is 204 Å². The Hall–Kier alpha value is -4.68. The summed E-state index contributed by atoms with van der Waals surface area (Å²) < 4.78 is 79.5. The van der Waals surface area contributed by atoms with E-state index in [0.29, 0.717) is 29.1 Å². The summed E-state index contributed by atoms with van der Waals surface area (Å²) in [5.41, 5.74) is -0.327. The number of tetrazole rings is 1. The van der Waals surface area contributed by atoms with Crippen LogP contribution in [0.5, 0.6) is 0 Å². The number of halogens is 6. The molecule has 0 atom stereocenters. The molecule has 3 aromatic heterocycles. The highest BCUT2D eigenvalue weighted by Gasteiger charge is 2.35. The fourth-order valence-electron chi connectivity index (χ4n) is 3.54. The van der Waals surface area contributed by atoms with Crippen molar-refractivity contribution >= 4 is 0 Å². The first-order chi connectivity index (χ1) is 17.6. The molecule has 0 saturated carbocycles. The van der Waals surface area contributed by atoms with Gasteiger partial charge in [0.2, 0.25) is 5.82 Å². The molecule has 0 bridgehead atoms. The minimum Gasteiger partial charge on any atom is -0.251 e. The molecule has 3 heterocycles. The molecule has 0 amide bonds. The van der Waals surface area contributed by atoms with Gasteiger partial charge in [-0.2, -0.15) is 31.6 Å². The van der Waals surface area contributed by atoms with Gasteiger partial charge in [0.25, 0.3) is 0 Å². The van der Waals surface area contributed by atoms with Crippen molar-refractivity contribution in [3.8, 4) is 45.2 Å². The summed E-state index contributed by atoms with van der Waals surface area (Å²) in [4.78, 5) is 11.2. The Morgan fingerprint density at radius 1 is 0.595 bits per heavy atom. The van der Waals surface area contributed by atoms with Crippen molar-refractivity contribution in [1.82, 2.24) is 35.6 Å². The highest BCUT2D eigenvalue weighted by atomic mass is 19.4. The number of hydrogen-bond donors (Lipinski definition) is 1. The highest BCUT2D eigenvalue weighted by molar-refractivity contribution is 5.74. The number of aromatic amines is 1. The van der Waals surface area contributed by atoms with Gasteiger partial charge in [-0.3, -0.25) is 4.98 Å².